The van der Waals surface area contributed by atoms with Crippen LogP contribution in [0.1, 0.15) is 60.0 Å². The predicted molar refractivity (Wildman–Crippen MR) is 109 cm³/mol. The molecule has 3 fully saturated rings. The zero-order chi connectivity index (χ0) is 19.8. The minimum absolute atomic E-state index is 0.0341. The fourth-order valence-corrected chi connectivity index (χ4v) is 4.18. The molecule has 0 aromatic carbocycles. The number of aryl methyl sites for hydroxylation is 1. The molecule has 4 heterocycles. The molecular weight excluding hydrogens is 368 g/mol. The molecule has 8 nitrogen and oxygen atoms in total. The molecule has 29 heavy (non-hydrogen) atoms. The highest BCUT2D eigenvalue weighted by Gasteiger charge is 2.31. The van der Waals surface area contributed by atoms with E-state index in [1.807, 2.05) is 24.0 Å². The van der Waals surface area contributed by atoms with Gasteiger partial charge in [-0.2, -0.15) is 4.98 Å². The van der Waals surface area contributed by atoms with Crippen molar-refractivity contribution in [2.24, 2.45) is 0 Å². The molecule has 0 unspecified atom stereocenters. The lowest BCUT2D eigenvalue weighted by molar-refractivity contribution is 0.0736. The van der Waals surface area contributed by atoms with E-state index in [1.165, 1.54) is 19.3 Å². The zero-order valence-corrected chi connectivity index (χ0v) is 17.0. The molecule has 0 radical (unpaired) electrons. The lowest BCUT2D eigenvalue weighted by atomic mass is 10.1. The molecular formula is C21H28N6O2. The summed E-state index contributed by atoms with van der Waals surface area (Å²) in [4.78, 5) is 28.7. The highest BCUT2D eigenvalue weighted by Crippen LogP contribution is 2.40. The Balaban J connectivity index is 1.24. The Labute approximate surface area is 170 Å². The summed E-state index contributed by atoms with van der Waals surface area (Å²) in [6, 6.07) is 3.87. The van der Waals surface area contributed by atoms with Gasteiger partial charge in [-0.05, 0) is 39.0 Å². The summed E-state index contributed by atoms with van der Waals surface area (Å²) >= 11 is 0. The number of amides is 1. The number of carbonyl (C=O) groups is 1. The monoisotopic (exact) mass is 396 g/mol. The SMILES string of the molecule is Cc1cc(N2CCN(C(=O)c3cc(C4CC4)on3)CC2)nc(N2CCCCC2)n1. The largest absolute Gasteiger partial charge is 0.360 e. The van der Waals surface area contributed by atoms with Crippen molar-refractivity contribution in [2.45, 2.75) is 44.9 Å². The summed E-state index contributed by atoms with van der Waals surface area (Å²) < 4.78 is 5.35. The molecule has 0 spiro atoms. The zero-order valence-electron chi connectivity index (χ0n) is 17.0. The molecule has 0 atom stereocenters. The number of carbonyl (C=O) groups excluding carboxylic acids is 1. The van der Waals surface area contributed by atoms with Crippen LogP contribution in [0, 0.1) is 6.92 Å². The van der Waals surface area contributed by atoms with Gasteiger partial charge in [0.2, 0.25) is 5.95 Å². The third-order valence-corrected chi connectivity index (χ3v) is 6.09. The molecule has 0 bridgehead atoms. The number of hydrogen-bond donors (Lipinski definition) is 0. The Morgan fingerprint density at radius 3 is 2.45 bits per heavy atom. The smallest absolute Gasteiger partial charge is 0.276 e. The third-order valence-electron chi connectivity index (χ3n) is 6.09. The van der Waals surface area contributed by atoms with E-state index in [-0.39, 0.29) is 5.91 Å². The highest BCUT2D eigenvalue weighted by molar-refractivity contribution is 5.92. The Morgan fingerprint density at radius 2 is 1.72 bits per heavy atom. The quantitative estimate of drug-likeness (QED) is 0.786. The standard InChI is InChI=1S/C21H28N6O2/c1-15-13-19(23-21(22-15)27-7-3-2-4-8-27)25-9-11-26(12-10-25)20(28)17-14-18(29-24-17)16-5-6-16/h13-14,16H,2-12H2,1H3. The van der Waals surface area contributed by atoms with Crippen molar-refractivity contribution in [3.63, 3.8) is 0 Å². The van der Waals surface area contributed by atoms with Crippen LogP contribution < -0.4 is 9.80 Å². The molecule has 0 N–H and O–H groups in total. The topological polar surface area (TPSA) is 78.6 Å². The predicted octanol–water partition coefficient (Wildman–Crippen LogP) is 2.60. The summed E-state index contributed by atoms with van der Waals surface area (Å²) in [6.07, 6.45) is 5.98. The molecule has 1 amide bonds. The van der Waals surface area contributed by atoms with Crippen molar-refractivity contribution in [1.29, 1.82) is 0 Å². The van der Waals surface area contributed by atoms with E-state index in [0.29, 0.717) is 24.7 Å². The van der Waals surface area contributed by atoms with Gasteiger partial charge in [-0.1, -0.05) is 5.16 Å². The van der Waals surface area contributed by atoms with E-state index in [4.69, 9.17) is 9.51 Å². The second-order valence-electron chi connectivity index (χ2n) is 8.38. The Kier molecular flexibility index (Phi) is 4.85. The van der Waals surface area contributed by atoms with Crippen molar-refractivity contribution in [3.05, 3.63) is 29.3 Å². The van der Waals surface area contributed by atoms with Crippen molar-refractivity contribution in [2.75, 3.05) is 49.1 Å². The molecule has 1 aliphatic carbocycles. The van der Waals surface area contributed by atoms with Crippen LogP contribution in [0.25, 0.3) is 0 Å². The van der Waals surface area contributed by atoms with Gasteiger partial charge >= 0.3 is 0 Å². The summed E-state index contributed by atoms with van der Waals surface area (Å²) in [5, 5.41) is 4.00. The molecule has 2 saturated heterocycles. The molecule has 2 aromatic rings. The number of hydrogen-bond acceptors (Lipinski definition) is 7. The summed E-state index contributed by atoms with van der Waals surface area (Å²) in [7, 11) is 0. The Morgan fingerprint density at radius 1 is 0.966 bits per heavy atom. The maximum Gasteiger partial charge on any atom is 0.276 e. The first kappa shape index (κ1) is 18.4. The van der Waals surface area contributed by atoms with Crippen LogP contribution in [0.4, 0.5) is 11.8 Å². The van der Waals surface area contributed by atoms with Gasteiger partial charge in [-0.15, -0.1) is 0 Å². The first-order chi connectivity index (χ1) is 14.2. The lowest BCUT2D eigenvalue weighted by Crippen LogP contribution is -2.49. The molecule has 2 aliphatic heterocycles. The summed E-state index contributed by atoms with van der Waals surface area (Å²) in [5.74, 6) is 3.09. The number of anilines is 2. The third kappa shape index (κ3) is 3.93. The van der Waals surface area contributed by atoms with Crippen molar-refractivity contribution in [3.8, 4) is 0 Å². The van der Waals surface area contributed by atoms with Crippen molar-refractivity contribution >= 4 is 17.7 Å². The average molecular weight is 396 g/mol. The normalized spacial score (nSPS) is 20.2. The van der Waals surface area contributed by atoms with Gasteiger partial charge in [0.05, 0.1) is 0 Å². The van der Waals surface area contributed by atoms with E-state index in [9.17, 15) is 4.79 Å². The summed E-state index contributed by atoms with van der Waals surface area (Å²) in [6.45, 7) is 6.93. The van der Waals surface area contributed by atoms with Crippen molar-refractivity contribution < 1.29 is 9.32 Å². The molecule has 2 aromatic heterocycles. The maximum atomic E-state index is 12.8. The second kappa shape index (κ2) is 7.65. The van der Waals surface area contributed by atoms with Gasteiger partial charge in [-0.3, -0.25) is 4.79 Å². The Hall–Kier alpha value is -2.64. The van der Waals surface area contributed by atoms with E-state index in [2.05, 4.69) is 19.9 Å². The highest BCUT2D eigenvalue weighted by atomic mass is 16.5. The van der Waals surface area contributed by atoms with Crippen LogP contribution >= 0.6 is 0 Å². The van der Waals surface area contributed by atoms with E-state index in [1.54, 1.807) is 0 Å². The van der Waals surface area contributed by atoms with Gasteiger partial charge < -0.3 is 19.2 Å². The fraction of sp³-hybridized carbons (Fsp3) is 0.619. The minimum atomic E-state index is -0.0341. The van der Waals surface area contributed by atoms with E-state index >= 15 is 0 Å². The van der Waals surface area contributed by atoms with Crippen LogP contribution in [0.3, 0.4) is 0 Å². The van der Waals surface area contributed by atoms with Crippen LogP contribution in [0.15, 0.2) is 16.7 Å². The number of piperidine rings is 1. The van der Waals surface area contributed by atoms with Gasteiger partial charge in [0.25, 0.3) is 5.91 Å². The number of aromatic nitrogens is 3. The number of rotatable bonds is 4. The van der Waals surface area contributed by atoms with Crippen LogP contribution in [-0.2, 0) is 0 Å². The van der Waals surface area contributed by atoms with Crippen LogP contribution in [-0.4, -0.2) is 65.2 Å². The van der Waals surface area contributed by atoms with Gasteiger partial charge in [-0.25, -0.2) is 4.98 Å². The Bertz CT molecular complexity index is 879. The van der Waals surface area contributed by atoms with Gasteiger partial charge in [0.15, 0.2) is 5.69 Å². The maximum absolute atomic E-state index is 12.8. The molecule has 154 valence electrons. The van der Waals surface area contributed by atoms with Gasteiger partial charge in [0.1, 0.15) is 11.6 Å². The van der Waals surface area contributed by atoms with Gasteiger partial charge in [0, 0.05) is 63.0 Å². The average Bonchev–Trinajstić information content (AvgIpc) is 3.50. The van der Waals surface area contributed by atoms with Crippen LogP contribution in [0.5, 0.6) is 0 Å². The summed E-state index contributed by atoms with van der Waals surface area (Å²) in [5.41, 5.74) is 1.43. The lowest BCUT2D eigenvalue weighted by Gasteiger charge is -2.35. The first-order valence-electron chi connectivity index (χ1n) is 10.8. The van der Waals surface area contributed by atoms with E-state index < -0.39 is 0 Å². The number of piperazine rings is 1. The fourth-order valence-electron chi connectivity index (χ4n) is 4.18. The second-order valence-corrected chi connectivity index (χ2v) is 8.38. The first-order valence-corrected chi connectivity index (χ1v) is 10.8. The molecule has 3 aliphatic rings. The molecule has 5 rings (SSSR count). The number of nitrogens with zero attached hydrogens (tertiary/aromatic N) is 6. The molecule has 8 heteroatoms. The van der Waals surface area contributed by atoms with Crippen molar-refractivity contribution in [1.82, 2.24) is 20.0 Å². The van der Waals surface area contributed by atoms with E-state index in [0.717, 1.165) is 62.2 Å². The minimum Gasteiger partial charge on any atom is -0.360 e. The molecule has 1 saturated carbocycles. The van der Waals surface area contributed by atoms with Crippen LogP contribution in [0.2, 0.25) is 0 Å².